The normalized spacial score (nSPS) is 12.2. The maximum atomic E-state index is 11.9. The molecule has 6 heteroatoms. The van der Waals surface area contributed by atoms with Gasteiger partial charge in [-0.2, -0.15) is 0 Å². The van der Waals surface area contributed by atoms with E-state index in [0.717, 1.165) is 15.2 Å². The molecule has 0 fully saturated rings. The molecule has 0 saturated carbocycles. The van der Waals surface area contributed by atoms with Crippen LogP contribution < -0.4 is 11.1 Å². The number of nitrogens with one attached hydrogen (secondary N) is 1. The number of carbonyl (C=O) groups excluding carboxylic acids is 1. The molecule has 0 saturated heterocycles. The average Bonchev–Trinajstić information content (AvgIpc) is 2.81. The van der Waals surface area contributed by atoms with Crippen molar-refractivity contribution in [2.45, 2.75) is 13.0 Å². The number of rotatable bonds is 3. The summed E-state index contributed by atoms with van der Waals surface area (Å²) < 4.78 is 0.966. The molecule has 0 spiro atoms. The van der Waals surface area contributed by atoms with E-state index in [-0.39, 0.29) is 11.9 Å². The Morgan fingerprint density at radius 2 is 2.11 bits per heavy atom. The molecule has 0 aliphatic rings. The Morgan fingerprint density at radius 1 is 1.44 bits per heavy atom. The number of aromatic nitrogens is 1. The Morgan fingerprint density at radius 3 is 2.67 bits per heavy atom. The van der Waals surface area contributed by atoms with Gasteiger partial charge in [-0.25, -0.2) is 4.98 Å². The highest BCUT2D eigenvalue weighted by molar-refractivity contribution is 9.10. The monoisotopic (exact) mass is 325 g/mol. The highest BCUT2D eigenvalue weighted by atomic mass is 79.9. The van der Waals surface area contributed by atoms with Crippen molar-refractivity contribution in [1.82, 2.24) is 4.98 Å². The van der Waals surface area contributed by atoms with Gasteiger partial charge in [-0.15, -0.1) is 11.3 Å². The lowest BCUT2D eigenvalue weighted by Crippen LogP contribution is -2.13. The minimum atomic E-state index is -0.222. The molecular formula is C12H12BrN3OS. The SMILES string of the molecule is CC(N)c1nc(C(=O)Nc2ccc(Br)cc2)cs1. The van der Waals surface area contributed by atoms with E-state index in [1.165, 1.54) is 11.3 Å². The summed E-state index contributed by atoms with van der Waals surface area (Å²) in [5, 5.41) is 5.26. The summed E-state index contributed by atoms with van der Waals surface area (Å²) in [7, 11) is 0. The van der Waals surface area contributed by atoms with E-state index in [0.29, 0.717) is 5.69 Å². The lowest BCUT2D eigenvalue weighted by molar-refractivity contribution is 0.102. The first-order valence-corrected chi connectivity index (χ1v) is 7.01. The number of hydrogen-bond donors (Lipinski definition) is 2. The zero-order chi connectivity index (χ0) is 13.1. The molecule has 1 aromatic heterocycles. The first kappa shape index (κ1) is 13.2. The van der Waals surface area contributed by atoms with Gasteiger partial charge in [0.1, 0.15) is 10.7 Å². The molecule has 2 aromatic rings. The average molecular weight is 326 g/mol. The molecule has 0 aliphatic carbocycles. The van der Waals surface area contributed by atoms with Crippen molar-refractivity contribution >= 4 is 38.9 Å². The van der Waals surface area contributed by atoms with E-state index in [1.807, 2.05) is 31.2 Å². The van der Waals surface area contributed by atoms with Crippen molar-refractivity contribution < 1.29 is 4.79 Å². The van der Waals surface area contributed by atoms with Crippen LogP contribution in [-0.2, 0) is 0 Å². The maximum Gasteiger partial charge on any atom is 0.275 e. The van der Waals surface area contributed by atoms with E-state index in [2.05, 4.69) is 26.2 Å². The zero-order valence-corrected chi connectivity index (χ0v) is 12.1. The summed E-state index contributed by atoms with van der Waals surface area (Å²) in [5.74, 6) is -0.222. The first-order chi connectivity index (χ1) is 8.56. The summed E-state index contributed by atoms with van der Waals surface area (Å²) in [6, 6.07) is 7.22. The highest BCUT2D eigenvalue weighted by Gasteiger charge is 2.12. The summed E-state index contributed by atoms with van der Waals surface area (Å²) >= 11 is 4.73. The van der Waals surface area contributed by atoms with Gasteiger partial charge in [-0.3, -0.25) is 4.79 Å². The lowest BCUT2D eigenvalue weighted by atomic mass is 10.3. The van der Waals surface area contributed by atoms with Crippen molar-refractivity contribution in [1.29, 1.82) is 0 Å². The van der Waals surface area contributed by atoms with E-state index in [9.17, 15) is 4.79 Å². The summed E-state index contributed by atoms with van der Waals surface area (Å²) in [4.78, 5) is 16.1. The maximum absolute atomic E-state index is 11.9. The molecule has 1 amide bonds. The minimum absolute atomic E-state index is 0.149. The Kier molecular flexibility index (Phi) is 4.11. The smallest absolute Gasteiger partial charge is 0.275 e. The quantitative estimate of drug-likeness (QED) is 0.910. The molecule has 94 valence electrons. The van der Waals surface area contributed by atoms with Gasteiger partial charge in [-0.05, 0) is 31.2 Å². The fourth-order valence-electron chi connectivity index (χ4n) is 1.33. The Bertz CT molecular complexity index is 551. The fourth-order valence-corrected chi connectivity index (χ4v) is 2.35. The summed E-state index contributed by atoms with van der Waals surface area (Å²) in [5.41, 5.74) is 6.84. The zero-order valence-electron chi connectivity index (χ0n) is 9.68. The van der Waals surface area contributed by atoms with Gasteiger partial charge in [0, 0.05) is 15.5 Å². The largest absolute Gasteiger partial charge is 0.322 e. The topological polar surface area (TPSA) is 68.0 Å². The van der Waals surface area contributed by atoms with Gasteiger partial charge >= 0.3 is 0 Å². The van der Waals surface area contributed by atoms with Crippen molar-refractivity contribution in [3.8, 4) is 0 Å². The third-order valence-corrected chi connectivity index (χ3v) is 3.82. The van der Waals surface area contributed by atoms with E-state index in [4.69, 9.17) is 5.73 Å². The van der Waals surface area contributed by atoms with E-state index in [1.54, 1.807) is 5.38 Å². The second-order valence-electron chi connectivity index (χ2n) is 3.82. The Labute approximate surface area is 117 Å². The van der Waals surface area contributed by atoms with Crippen LogP contribution in [0.15, 0.2) is 34.1 Å². The summed E-state index contributed by atoms with van der Waals surface area (Å²) in [6.07, 6.45) is 0. The lowest BCUT2D eigenvalue weighted by Gasteiger charge is -2.03. The van der Waals surface area contributed by atoms with Crippen LogP contribution in [0.3, 0.4) is 0 Å². The third-order valence-electron chi connectivity index (χ3n) is 2.25. The molecule has 3 N–H and O–H groups in total. The van der Waals surface area contributed by atoms with E-state index >= 15 is 0 Å². The fraction of sp³-hybridized carbons (Fsp3) is 0.167. The van der Waals surface area contributed by atoms with Crippen LogP contribution in [0.2, 0.25) is 0 Å². The molecule has 0 aliphatic heterocycles. The number of halogens is 1. The number of amides is 1. The number of thiazole rings is 1. The molecule has 2 rings (SSSR count). The van der Waals surface area contributed by atoms with Crippen molar-refractivity contribution in [2.75, 3.05) is 5.32 Å². The first-order valence-electron chi connectivity index (χ1n) is 5.34. The number of hydrogen-bond acceptors (Lipinski definition) is 4. The molecule has 0 radical (unpaired) electrons. The van der Waals surface area contributed by atoms with E-state index < -0.39 is 0 Å². The number of anilines is 1. The Balaban J connectivity index is 2.09. The minimum Gasteiger partial charge on any atom is -0.322 e. The number of nitrogens with two attached hydrogens (primary N) is 1. The Hall–Kier alpha value is -1.24. The van der Waals surface area contributed by atoms with Gasteiger partial charge < -0.3 is 11.1 Å². The standard InChI is InChI=1S/C12H12BrN3OS/c1-7(14)12-16-10(6-18-12)11(17)15-9-4-2-8(13)3-5-9/h2-7H,14H2,1H3,(H,15,17). The van der Waals surface area contributed by atoms with Crippen LogP contribution in [0.4, 0.5) is 5.69 Å². The number of nitrogens with zero attached hydrogens (tertiary/aromatic N) is 1. The predicted octanol–water partition coefficient (Wildman–Crippen LogP) is 3.18. The van der Waals surface area contributed by atoms with Gasteiger partial charge in [0.25, 0.3) is 5.91 Å². The second-order valence-corrected chi connectivity index (χ2v) is 5.63. The van der Waals surface area contributed by atoms with Crippen molar-refractivity contribution in [2.24, 2.45) is 5.73 Å². The second kappa shape index (κ2) is 5.60. The molecule has 0 bridgehead atoms. The van der Waals surface area contributed by atoms with Crippen LogP contribution in [0, 0.1) is 0 Å². The van der Waals surface area contributed by atoms with Crippen LogP contribution in [0.25, 0.3) is 0 Å². The van der Waals surface area contributed by atoms with Gasteiger partial charge in [-0.1, -0.05) is 15.9 Å². The molecular weight excluding hydrogens is 314 g/mol. The molecule has 1 aromatic carbocycles. The van der Waals surface area contributed by atoms with Crippen LogP contribution in [-0.4, -0.2) is 10.9 Å². The molecule has 1 atom stereocenters. The van der Waals surface area contributed by atoms with Crippen LogP contribution in [0.5, 0.6) is 0 Å². The number of benzene rings is 1. The highest BCUT2D eigenvalue weighted by Crippen LogP contribution is 2.18. The molecule has 18 heavy (non-hydrogen) atoms. The molecule has 4 nitrogen and oxygen atoms in total. The van der Waals surface area contributed by atoms with Gasteiger partial charge in [0.05, 0.1) is 6.04 Å². The summed E-state index contributed by atoms with van der Waals surface area (Å²) in [6.45, 7) is 1.84. The number of carbonyl (C=O) groups is 1. The van der Waals surface area contributed by atoms with Gasteiger partial charge in [0.2, 0.25) is 0 Å². The van der Waals surface area contributed by atoms with Crippen molar-refractivity contribution in [3.05, 3.63) is 44.8 Å². The third kappa shape index (κ3) is 3.16. The van der Waals surface area contributed by atoms with Gasteiger partial charge in [0.15, 0.2) is 0 Å². The van der Waals surface area contributed by atoms with Crippen LogP contribution in [0.1, 0.15) is 28.5 Å². The molecule has 1 unspecified atom stereocenters. The van der Waals surface area contributed by atoms with Crippen LogP contribution >= 0.6 is 27.3 Å². The molecule has 1 heterocycles. The predicted molar refractivity (Wildman–Crippen MR) is 76.8 cm³/mol. The van der Waals surface area contributed by atoms with Crippen molar-refractivity contribution in [3.63, 3.8) is 0 Å².